The van der Waals surface area contributed by atoms with Crippen LogP contribution in [0, 0.1) is 5.82 Å². The first-order chi connectivity index (χ1) is 13.1. The van der Waals surface area contributed by atoms with Gasteiger partial charge in [-0.25, -0.2) is 4.39 Å². The van der Waals surface area contributed by atoms with E-state index < -0.39 is 11.8 Å². The minimum absolute atomic E-state index is 0.149. The van der Waals surface area contributed by atoms with Crippen molar-refractivity contribution >= 4 is 5.97 Å². The second-order valence-electron chi connectivity index (χ2n) is 6.02. The molecule has 5 heteroatoms. The first-order valence-corrected chi connectivity index (χ1v) is 8.42. The van der Waals surface area contributed by atoms with Gasteiger partial charge in [0.15, 0.2) is 0 Å². The van der Waals surface area contributed by atoms with Gasteiger partial charge in [0.05, 0.1) is 13.5 Å². The number of hydrogen-bond acceptors (Lipinski definition) is 3. The minimum Gasteiger partial charge on any atom is -0.497 e. The Kier molecular flexibility index (Phi) is 5.71. The van der Waals surface area contributed by atoms with Crippen molar-refractivity contribution in [2.45, 2.75) is 13.0 Å². The van der Waals surface area contributed by atoms with Crippen molar-refractivity contribution < 1.29 is 23.8 Å². The first-order valence-electron chi connectivity index (χ1n) is 8.42. The SMILES string of the molecule is COc1ccc(-c2cc(CC(=O)O)ccc2OCc2ccccc2)c(F)c1. The summed E-state index contributed by atoms with van der Waals surface area (Å²) >= 11 is 0. The zero-order valence-corrected chi connectivity index (χ0v) is 14.8. The molecule has 0 aliphatic carbocycles. The predicted molar refractivity (Wildman–Crippen MR) is 101 cm³/mol. The van der Waals surface area contributed by atoms with E-state index in [1.165, 1.54) is 13.2 Å². The Bertz CT molecular complexity index is 938. The van der Waals surface area contributed by atoms with Gasteiger partial charge < -0.3 is 14.6 Å². The predicted octanol–water partition coefficient (Wildman–Crippen LogP) is 4.71. The zero-order chi connectivity index (χ0) is 19.2. The van der Waals surface area contributed by atoms with Crippen molar-refractivity contribution in [3.8, 4) is 22.6 Å². The molecule has 3 aromatic rings. The van der Waals surface area contributed by atoms with Crippen LogP contribution in [0.15, 0.2) is 66.7 Å². The maximum Gasteiger partial charge on any atom is 0.307 e. The van der Waals surface area contributed by atoms with E-state index in [0.29, 0.717) is 34.8 Å². The number of benzene rings is 3. The van der Waals surface area contributed by atoms with E-state index in [9.17, 15) is 9.18 Å². The molecule has 0 heterocycles. The summed E-state index contributed by atoms with van der Waals surface area (Å²) in [5.41, 5.74) is 2.38. The van der Waals surface area contributed by atoms with Crippen molar-refractivity contribution in [1.29, 1.82) is 0 Å². The Morgan fingerprint density at radius 2 is 1.74 bits per heavy atom. The lowest BCUT2D eigenvalue weighted by Gasteiger charge is -2.14. The molecule has 0 amide bonds. The van der Waals surface area contributed by atoms with Gasteiger partial charge in [-0.05, 0) is 35.4 Å². The van der Waals surface area contributed by atoms with E-state index in [4.69, 9.17) is 14.6 Å². The molecule has 0 radical (unpaired) electrons. The van der Waals surface area contributed by atoms with Crippen LogP contribution in [0.25, 0.3) is 11.1 Å². The number of aliphatic carboxylic acids is 1. The number of halogens is 1. The topological polar surface area (TPSA) is 55.8 Å². The standard InChI is InChI=1S/C22H19FO4/c1-26-17-8-9-18(20(23)13-17)19-11-16(12-22(24)25)7-10-21(19)27-14-15-5-3-2-4-6-15/h2-11,13H,12,14H2,1H3,(H,24,25). The highest BCUT2D eigenvalue weighted by molar-refractivity contribution is 5.75. The third kappa shape index (κ3) is 4.64. The molecule has 138 valence electrons. The van der Waals surface area contributed by atoms with Gasteiger partial charge in [-0.1, -0.05) is 36.4 Å². The number of carboxylic acids is 1. The van der Waals surface area contributed by atoms with Crippen LogP contribution in [0.1, 0.15) is 11.1 Å². The highest BCUT2D eigenvalue weighted by atomic mass is 19.1. The third-order valence-corrected chi connectivity index (χ3v) is 4.10. The highest BCUT2D eigenvalue weighted by Crippen LogP contribution is 2.35. The summed E-state index contributed by atoms with van der Waals surface area (Å²) in [5.74, 6) is -0.526. The normalized spacial score (nSPS) is 10.4. The largest absolute Gasteiger partial charge is 0.497 e. The van der Waals surface area contributed by atoms with Crippen LogP contribution in [0.2, 0.25) is 0 Å². The van der Waals surface area contributed by atoms with Crippen LogP contribution < -0.4 is 9.47 Å². The molecule has 0 spiro atoms. The van der Waals surface area contributed by atoms with Gasteiger partial charge in [-0.3, -0.25) is 4.79 Å². The molecule has 0 saturated carbocycles. The molecular formula is C22H19FO4. The summed E-state index contributed by atoms with van der Waals surface area (Å²) in [6, 6.07) is 19.2. The fraction of sp³-hybridized carbons (Fsp3) is 0.136. The Hall–Kier alpha value is -3.34. The van der Waals surface area contributed by atoms with E-state index in [1.54, 1.807) is 30.3 Å². The number of ether oxygens (including phenoxy) is 2. The molecule has 3 aromatic carbocycles. The molecule has 0 aliphatic heterocycles. The number of carbonyl (C=O) groups is 1. The monoisotopic (exact) mass is 366 g/mol. The van der Waals surface area contributed by atoms with Crippen LogP contribution in [-0.4, -0.2) is 18.2 Å². The fourth-order valence-corrected chi connectivity index (χ4v) is 2.77. The molecule has 0 fully saturated rings. The lowest BCUT2D eigenvalue weighted by molar-refractivity contribution is -0.136. The second kappa shape index (κ2) is 8.36. The quantitative estimate of drug-likeness (QED) is 0.658. The Morgan fingerprint density at radius 3 is 2.41 bits per heavy atom. The minimum atomic E-state index is -0.950. The summed E-state index contributed by atoms with van der Waals surface area (Å²) in [5, 5.41) is 9.05. The van der Waals surface area contributed by atoms with Crippen molar-refractivity contribution in [1.82, 2.24) is 0 Å². The van der Waals surface area contributed by atoms with Crippen molar-refractivity contribution in [2.75, 3.05) is 7.11 Å². The molecule has 27 heavy (non-hydrogen) atoms. The Balaban J connectivity index is 1.98. The first kappa shape index (κ1) is 18.5. The number of methoxy groups -OCH3 is 1. The van der Waals surface area contributed by atoms with E-state index >= 15 is 0 Å². The van der Waals surface area contributed by atoms with Gasteiger partial charge in [-0.2, -0.15) is 0 Å². The zero-order valence-electron chi connectivity index (χ0n) is 14.8. The lowest BCUT2D eigenvalue weighted by atomic mass is 10.00. The van der Waals surface area contributed by atoms with Crippen molar-refractivity contribution in [2.24, 2.45) is 0 Å². The van der Waals surface area contributed by atoms with Gasteiger partial charge >= 0.3 is 5.97 Å². The van der Waals surface area contributed by atoms with Gasteiger partial charge in [0.25, 0.3) is 0 Å². The molecule has 0 bridgehead atoms. The number of rotatable bonds is 7. The molecule has 3 rings (SSSR count). The number of hydrogen-bond donors (Lipinski definition) is 1. The van der Waals surface area contributed by atoms with E-state index in [0.717, 1.165) is 5.56 Å². The van der Waals surface area contributed by atoms with E-state index in [1.807, 2.05) is 30.3 Å². The molecule has 0 atom stereocenters. The van der Waals surface area contributed by atoms with Crippen LogP contribution in [-0.2, 0) is 17.8 Å². The van der Waals surface area contributed by atoms with E-state index in [2.05, 4.69) is 0 Å². The lowest BCUT2D eigenvalue weighted by Crippen LogP contribution is -2.02. The summed E-state index contributed by atoms with van der Waals surface area (Å²) in [6.45, 7) is 0.323. The molecule has 4 nitrogen and oxygen atoms in total. The Labute approximate surface area is 156 Å². The van der Waals surface area contributed by atoms with E-state index in [-0.39, 0.29) is 6.42 Å². The van der Waals surface area contributed by atoms with Crippen LogP contribution in [0.3, 0.4) is 0 Å². The molecule has 0 saturated heterocycles. The third-order valence-electron chi connectivity index (χ3n) is 4.10. The maximum absolute atomic E-state index is 14.6. The molecular weight excluding hydrogens is 347 g/mol. The smallest absolute Gasteiger partial charge is 0.307 e. The number of carboxylic acid groups (broad SMARTS) is 1. The van der Waals surface area contributed by atoms with Crippen LogP contribution >= 0.6 is 0 Å². The van der Waals surface area contributed by atoms with Gasteiger partial charge in [0.1, 0.15) is 23.9 Å². The summed E-state index contributed by atoms with van der Waals surface area (Å²) in [6.07, 6.45) is -0.149. The molecule has 0 aliphatic rings. The van der Waals surface area contributed by atoms with Gasteiger partial charge in [0, 0.05) is 17.2 Å². The fourth-order valence-electron chi connectivity index (χ4n) is 2.77. The van der Waals surface area contributed by atoms with Gasteiger partial charge in [0.2, 0.25) is 0 Å². The molecule has 1 N–H and O–H groups in total. The molecule has 0 unspecified atom stereocenters. The average Bonchev–Trinajstić information content (AvgIpc) is 2.67. The summed E-state index contributed by atoms with van der Waals surface area (Å²) in [4.78, 5) is 11.0. The van der Waals surface area contributed by atoms with Crippen molar-refractivity contribution in [3.05, 3.63) is 83.7 Å². The summed E-state index contributed by atoms with van der Waals surface area (Å²) in [7, 11) is 1.47. The summed E-state index contributed by atoms with van der Waals surface area (Å²) < 4.78 is 25.6. The maximum atomic E-state index is 14.6. The average molecular weight is 366 g/mol. The van der Waals surface area contributed by atoms with Gasteiger partial charge in [-0.15, -0.1) is 0 Å². The second-order valence-corrected chi connectivity index (χ2v) is 6.02. The molecule has 0 aromatic heterocycles. The van der Waals surface area contributed by atoms with Crippen LogP contribution in [0.5, 0.6) is 11.5 Å². The Morgan fingerprint density at radius 1 is 0.963 bits per heavy atom. The van der Waals surface area contributed by atoms with Crippen LogP contribution in [0.4, 0.5) is 4.39 Å². The highest BCUT2D eigenvalue weighted by Gasteiger charge is 2.14. The van der Waals surface area contributed by atoms with Crippen molar-refractivity contribution in [3.63, 3.8) is 0 Å².